The number of pyridine rings is 1. The van der Waals surface area contributed by atoms with Crippen LogP contribution in [0, 0.1) is 6.92 Å². The first kappa shape index (κ1) is 24.6. The predicted molar refractivity (Wildman–Crippen MR) is 128 cm³/mol. The van der Waals surface area contributed by atoms with Gasteiger partial charge in [-0.2, -0.15) is 5.10 Å². The van der Waals surface area contributed by atoms with E-state index < -0.39 is 6.10 Å². The number of carbonyl (C=O) groups is 1. The number of hydrogen-bond donors (Lipinski definition) is 1. The van der Waals surface area contributed by atoms with Crippen LogP contribution in [0.25, 0.3) is 11.0 Å². The third-order valence-corrected chi connectivity index (χ3v) is 6.19. The summed E-state index contributed by atoms with van der Waals surface area (Å²) >= 11 is 0. The molecule has 1 unspecified atom stereocenters. The number of amides is 1. The summed E-state index contributed by atoms with van der Waals surface area (Å²) in [7, 11) is 3.88. The summed E-state index contributed by atoms with van der Waals surface area (Å²) in [6.07, 6.45) is -0.590. The summed E-state index contributed by atoms with van der Waals surface area (Å²) in [5, 5.41) is 16.2. The van der Waals surface area contributed by atoms with Crippen LogP contribution >= 0.6 is 0 Å². The van der Waals surface area contributed by atoms with Crippen LogP contribution in [-0.2, 0) is 5.54 Å². The van der Waals surface area contributed by atoms with E-state index in [0.717, 1.165) is 48.6 Å². The van der Waals surface area contributed by atoms with Crippen LogP contribution in [0.4, 0.5) is 0 Å². The minimum absolute atomic E-state index is 0.103. The van der Waals surface area contributed by atoms with Gasteiger partial charge in [0, 0.05) is 52.0 Å². The topological polar surface area (TPSA) is 77.7 Å². The maximum atomic E-state index is 13.5. The second-order valence-electron chi connectivity index (χ2n) is 10.6. The number of nitrogens with zero attached hydrogens (tertiary/aromatic N) is 6. The summed E-state index contributed by atoms with van der Waals surface area (Å²) < 4.78 is 1.92. The molecule has 1 fully saturated rings. The number of β-amino-alcohol motifs (C(OH)–C–C–N with tert-alkyl or cyclic N) is 1. The molecule has 0 spiro atoms. The van der Waals surface area contributed by atoms with Gasteiger partial charge in [-0.15, -0.1) is 0 Å². The van der Waals surface area contributed by atoms with Crippen molar-refractivity contribution in [3.8, 4) is 0 Å². The van der Waals surface area contributed by atoms with Crippen LogP contribution in [0.15, 0.2) is 6.07 Å². The third-order valence-electron chi connectivity index (χ3n) is 6.19. The number of hydrogen-bond acceptors (Lipinski definition) is 6. The van der Waals surface area contributed by atoms with Gasteiger partial charge in [-0.05, 0) is 46.7 Å². The molecule has 1 aliphatic heterocycles. The highest BCUT2D eigenvalue weighted by atomic mass is 16.3. The number of aliphatic hydroxyl groups is 1. The molecule has 0 radical (unpaired) electrons. The Morgan fingerprint density at radius 1 is 1.22 bits per heavy atom. The lowest BCUT2D eigenvalue weighted by atomic mass is 10.0. The minimum Gasteiger partial charge on any atom is -0.390 e. The molecule has 2 aromatic rings. The molecule has 0 aromatic carbocycles. The van der Waals surface area contributed by atoms with Crippen molar-refractivity contribution in [2.24, 2.45) is 0 Å². The van der Waals surface area contributed by atoms with Gasteiger partial charge in [-0.25, -0.2) is 9.67 Å². The summed E-state index contributed by atoms with van der Waals surface area (Å²) in [6.45, 7) is 17.1. The lowest BCUT2D eigenvalue weighted by Crippen LogP contribution is -2.49. The lowest BCUT2D eigenvalue weighted by molar-refractivity contribution is 0.0502. The van der Waals surface area contributed by atoms with Crippen molar-refractivity contribution in [2.45, 2.75) is 59.1 Å². The lowest BCUT2D eigenvalue weighted by Gasteiger charge is -2.34. The predicted octanol–water partition coefficient (Wildman–Crippen LogP) is 2.30. The highest BCUT2D eigenvalue weighted by molar-refractivity contribution is 6.06. The normalized spacial score (nSPS) is 17.3. The molecule has 0 aliphatic carbocycles. The quantitative estimate of drug-likeness (QED) is 0.737. The van der Waals surface area contributed by atoms with E-state index in [4.69, 9.17) is 10.1 Å². The van der Waals surface area contributed by atoms with Gasteiger partial charge >= 0.3 is 0 Å². The van der Waals surface area contributed by atoms with Crippen molar-refractivity contribution in [1.29, 1.82) is 0 Å². The maximum absolute atomic E-state index is 13.5. The molecule has 1 amide bonds. The standard InChI is InChI=1S/C24H40N6O2/c1-16(2)20-13-19(21-17(3)26-30(22(21)25-20)24(4,5)6)23(32)28(8)14-18(31)15-29-11-9-27(7)10-12-29/h13,16,18,31H,9-12,14-15H2,1-8H3. The monoisotopic (exact) mass is 444 g/mol. The van der Waals surface area contributed by atoms with E-state index in [9.17, 15) is 9.90 Å². The van der Waals surface area contributed by atoms with Gasteiger partial charge in [0.05, 0.1) is 28.3 Å². The molecule has 32 heavy (non-hydrogen) atoms. The van der Waals surface area contributed by atoms with Crippen LogP contribution in [0.2, 0.25) is 0 Å². The summed E-state index contributed by atoms with van der Waals surface area (Å²) in [5.74, 6) is 0.0796. The first-order chi connectivity index (χ1) is 14.9. The molecule has 8 nitrogen and oxygen atoms in total. The fraction of sp³-hybridized carbons (Fsp3) is 0.708. The number of likely N-dealkylation sites (N-methyl/N-ethyl adjacent to an activating group) is 2. The Hall–Kier alpha value is -2.03. The Morgan fingerprint density at radius 3 is 2.41 bits per heavy atom. The van der Waals surface area contributed by atoms with Crippen LogP contribution in [0.1, 0.15) is 62.3 Å². The maximum Gasteiger partial charge on any atom is 0.254 e. The summed E-state index contributed by atoms with van der Waals surface area (Å²) in [4.78, 5) is 24.6. The first-order valence-corrected chi connectivity index (χ1v) is 11.6. The van der Waals surface area contributed by atoms with Gasteiger partial charge in [-0.1, -0.05) is 13.8 Å². The minimum atomic E-state index is -0.590. The molecule has 3 heterocycles. The van der Waals surface area contributed by atoms with Crippen LogP contribution in [0.3, 0.4) is 0 Å². The Kier molecular flexibility index (Phi) is 7.27. The zero-order valence-corrected chi connectivity index (χ0v) is 21.0. The van der Waals surface area contributed by atoms with Crippen molar-refractivity contribution < 1.29 is 9.90 Å². The van der Waals surface area contributed by atoms with Gasteiger partial charge in [-0.3, -0.25) is 9.69 Å². The largest absolute Gasteiger partial charge is 0.390 e. The molecular formula is C24H40N6O2. The average molecular weight is 445 g/mol. The highest BCUT2D eigenvalue weighted by Gasteiger charge is 2.27. The molecule has 1 N–H and O–H groups in total. The molecule has 3 rings (SSSR count). The van der Waals surface area contributed by atoms with Crippen molar-refractivity contribution in [2.75, 3.05) is 53.4 Å². The Labute approximate surface area is 192 Å². The van der Waals surface area contributed by atoms with Gasteiger partial charge < -0.3 is 14.9 Å². The van der Waals surface area contributed by atoms with Gasteiger partial charge in [0.1, 0.15) is 0 Å². The number of aliphatic hydroxyl groups excluding tert-OH is 1. The number of rotatable bonds is 6. The molecular weight excluding hydrogens is 404 g/mol. The van der Waals surface area contributed by atoms with E-state index in [-0.39, 0.29) is 17.4 Å². The summed E-state index contributed by atoms with van der Waals surface area (Å²) in [5.41, 5.74) is 2.78. The molecule has 178 valence electrons. The molecule has 2 aromatic heterocycles. The van der Waals surface area contributed by atoms with E-state index in [0.29, 0.717) is 18.7 Å². The van der Waals surface area contributed by atoms with Crippen molar-refractivity contribution >= 4 is 16.9 Å². The zero-order chi connectivity index (χ0) is 23.8. The van der Waals surface area contributed by atoms with E-state index >= 15 is 0 Å². The van der Waals surface area contributed by atoms with Crippen LogP contribution < -0.4 is 0 Å². The number of aryl methyl sites for hydroxylation is 1. The molecule has 0 bridgehead atoms. The highest BCUT2D eigenvalue weighted by Crippen LogP contribution is 2.29. The fourth-order valence-electron chi connectivity index (χ4n) is 4.23. The molecule has 1 aliphatic rings. The van der Waals surface area contributed by atoms with Crippen LogP contribution in [0.5, 0.6) is 0 Å². The van der Waals surface area contributed by atoms with E-state index in [1.165, 1.54) is 0 Å². The van der Waals surface area contributed by atoms with E-state index in [2.05, 4.69) is 51.5 Å². The molecule has 0 saturated carbocycles. The number of fused-ring (bicyclic) bond motifs is 1. The smallest absolute Gasteiger partial charge is 0.254 e. The Morgan fingerprint density at radius 2 is 1.84 bits per heavy atom. The number of aromatic nitrogens is 3. The van der Waals surface area contributed by atoms with E-state index in [1.54, 1.807) is 11.9 Å². The van der Waals surface area contributed by atoms with Crippen LogP contribution in [-0.4, -0.2) is 99.9 Å². The fourth-order valence-corrected chi connectivity index (χ4v) is 4.23. The molecule has 1 saturated heterocycles. The number of piperazine rings is 1. The second kappa shape index (κ2) is 9.45. The van der Waals surface area contributed by atoms with Gasteiger partial charge in [0.15, 0.2) is 5.65 Å². The third kappa shape index (κ3) is 5.30. The van der Waals surface area contributed by atoms with Gasteiger partial charge in [0.25, 0.3) is 5.91 Å². The van der Waals surface area contributed by atoms with Crippen molar-refractivity contribution in [1.82, 2.24) is 29.5 Å². The van der Waals surface area contributed by atoms with Crippen molar-refractivity contribution in [3.05, 3.63) is 23.0 Å². The Bertz CT molecular complexity index is 954. The number of carbonyl (C=O) groups excluding carboxylic acids is 1. The SMILES string of the molecule is Cc1nn(C(C)(C)C)c2nc(C(C)C)cc(C(=O)N(C)CC(O)CN3CCN(C)CC3)c12. The van der Waals surface area contributed by atoms with Gasteiger partial charge in [0.2, 0.25) is 0 Å². The zero-order valence-electron chi connectivity index (χ0n) is 21.0. The first-order valence-electron chi connectivity index (χ1n) is 11.6. The summed E-state index contributed by atoms with van der Waals surface area (Å²) in [6, 6.07) is 1.90. The Balaban J connectivity index is 1.87. The average Bonchev–Trinajstić information content (AvgIpc) is 3.05. The second-order valence-corrected chi connectivity index (χ2v) is 10.6. The van der Waals surface area contributed by atoms with E-state index in [1.807, 2.05) is 17.7 Å². The molecule has 8 heteroatoms. The van der Waals surface area contributed by atoms with Crippen molar-refractivity contribution in [3.63, 3.8) is 0 Å². The molecule has 1 atom stereocenters.